The van der Waals surface area contributed by atoms with Gasteiger partial charge in [-0.2, -0.15) is 0 Å². The molecule has 0 saturated carbocycles. The molecular weight excluding hydrogens is 302 g/mol. The van der Waals surface area contributed by atoms with E-state index in [9.17, 15) is 4.79 Å². The second-order valence-corrected chi connectivity index (χ2v) is 5.93. The average Bonchev–Trinajstić information content (AvgIpc) is 2.26. The molecule has 0 fully saturated rings. The van der Waals surface area contributed by atoms with Gasteiger partial charge in [-0.15, -0.1) is 0 Å². The van der Waals surface area contributed by atoms with E-state index < -0.39 is 0 Å². The van der Waals surface area contributed by atoms with Crippen LogP contribution in [-0.4, -0.2) is 17.8 Å². The number of carbonyl (C=O) groups excluding carboxylic acids is 1. The fourth-order valence-electron chi connectivity index (χ4n) is 1.27. The van der Waals surface area contributed by atoms with Gasteiger partial charge in [0.05, 0.1) is 10.6 Å². The molecule has 0 bridgehead atoms. The number of aryl methyl sites for hydroxylation is 1. The van der Waals surface area contributed by atoms with Gasteiger partial charge in [-0.25, -0.2) is 0 Å². The van der Waals surface area contributed by atoms with Crippen molar-refractivity contribution >= 4 is 33.4 Å². The normalized spacial score (nSPS) is 11.4. The monoisotopic (exact) mass is 317 g/mol. The number of hydrogen-bond acceptors (Lipinski definition) is 1. The molecule has 0 aliphatic heterocycles. The first kappa shape index (κ1) is 14.5. The molecule has 1 N–H and O–H groups in total. The third kappa shape index (κ3) is 4.32. The lowest BCUT2D eigenvalue weighted by Gasteiger charge is -2.22. The van der Waals surface area contributed by atoms with Crippen LogP contribution in [0.25, 0.3) is 0 Å². The van der Waals surface area contributed by atoms with Crippen LogP contribution < -0.4 is 5.32 Å². The van der Waals surface area contributed by atoms with Crippen LogP contribution in [0.5, 0.6) is 0 Å². The van der Waals surface area contributed by atoms with Gasteiger partial charge in [-0.1, -0.05) is 47.4 Å². The highest BCUT2D eigenvalue weighted by atomic mass is 79.9. The van der Waals surface area contributed by atoms with Crippen LogP contribution in [-0.2, 0) is 0 Å². The summed E-state index contributed by atoms with van der Waals surface area (Å²) in [5.74, 6) is -0.121. The summed E-state index contributed by atoms with van der Waals surface area (Å²) in [7, 11) is 0. The van der Waals surface area contributed by atoms with Crippen molar-refractivity contribution in [2.75, 3.05) is 11.9 Å². The topological polar surface area (TPSA) is 29.1 Å². The van der Waals surface area contributed by atoms with Gasteiger partial charge in [0.1, 0.15) is 0 Å². The summed E-state index contributed by atoms with van der Waals surface area (Å²) in [6.45, 7) is 6.72. The summed E-state index contributed by atoms with van der Waals surface area (Å²) in [6, 6.07) is 5.44. The molecule has 0 radical (unpaired) electrons. The fraction of sp³-hybridized carbons (Fsp3) is 0.462. The third-order valence-electron chi connectivity index (χ3n) is 2.46. The van der Waals surface area contributed by atoms with E-state index in [1.165, 1.54) is 0 Å². The van der Waals surface area contributed by atoms with E-state index in [2.05, 4.69) is 35.1 Å². The molecular formula is C13H17BrClNO. The molecule has 1 amide bonds. The van der Waals surface area contributed by atoms with Crippen molar-refractivity contribution in [2.24, 2.45) is 5.41 Å². The molecule has 4 heteroatoms. The number of halogens is 2. The minimum atomic E-state index is -0.121. The molecule has 0 atom stereocenters. The lowest BCUT2D eigenvalue weighted by atomic mass is 9.96. The van der Waals surface area contributed by atoms with Crippen LogP contribution in [0.15, 0.2) is 18.2 Å². The molecule has 0 spiro atoms. The van der Waals surface area contributed by atoms with Gasteiger partial charge in [-0.05, 0) is 30.0 Å². The van der Waals surface area contributed by atoms with E-state index in [-0.39, 0.29) is 11.3 Å². The largest absolute Gasteiger partial charge is 0.351 e. The predicted octanol–water partition coefficient (Wildman–Crippen LogP) is 3.80. The first-order valence-electron chi connectivity index (χ1n) is 5.46. The zero-order valence-corrected chi connectivity index (χ0v) is 12.7. The Morgan fingerprint density at radius 3 is 2.65 bits per heavy atom. The van der Waals surface area contributed by atoms with Gasteiger partial charge < -0.3 is 5.32 Å². The highest BCUT2D eigenvalue weighted by molar-refractivity contribution is 9.09. The maximum absolute atomic E-state index is 11.9. The lowest BCUT2D eigenvalue weighted by molar-refractivity contribution is 0.0940. The molecule has 0 aromatic heterocycles. The first-order chi connectivity index (χ1) is 7.85. The molecule has 17 heavy (non-hydrogen) atoms. The van der Waals surface area contributed by atoms with E-state index in [1.54, 1.807) is 12.1 Å². The summed E-state index contributed by atoms with van der Waals surface area (Å²) in [5, 5.41) is 4.23. The van der Waals surface area contributed by atoms with E-state index in [4.69, 9.17) is 11.6 Å². The molecule has 1 aromatic carbocycles. The van der Waals surface area contributed by atoms with Gasteiger partial charge >= 0.3 is 0 Å². The summed E-state index contributed by atoms with van der Waals surface area (Å²) in [5.41, 5.74) is 1.61. The third-order valence-corrected chi connectivity index (χ3v) is 4.29. The number of nitrogens with one attached hydrogen (secondary N) is 1. The van der Waals surface area contributed by atoms with Crippen molar-refractivity contribution in [3.05, 3.63) is 34.3 Å². The minimum Gasteiger partial charge on any atom is -0.351 e. The van der Waals surface area contributed by atoms with Crippen molar-refractivity contribution in [2.45, 2.75) is 20.8 Å². The van der Waals surface area contributed by atoms with Crippen LogP contribution >= 0.6 is 27.5 Å². The zero-order chi connectivity index (χ0) is 13.1. The van der Waals surface area contributed by atoms with E-state index in [0.717, 1.165) is 10.9 Å². The second kappa shape index (κ2) is 5.87. The number of amides is 1. The fourth-order valence-corrected chi connectivity index (χ4v) is 1.79. The summed E-state index contributed by atoms with van der Waals surface area (Å²) < 4.78 is 0. The van der Waals surface area contributed by atoms with E-state index >= 15 is 0 Å². The first-order valence-corrected chi connectivity index (χ1v) is 6.96. The van der Waals surface area contributed by atoms with Crippen molar-refractivity contribution < 1.29 is 4.79 Å². The number of benzene rings is 1. The average molecular weight is 319 g/mol. The van der Waals surface area contributed by atoms with Crippen LogP contribution in [0.2, 0.25) is 5.02 Å². The van der Waals surface area contributed by atoms with Gasteiger partial charge in [0.15, 0.2) is 0 Å². The SMILES string of the molecule is Cc1ccc(C(=O)NCC(C)(C)CBr)c(Cl)c1. The Labute approximate surface area is 116 Å². The highest BCUT2D eigenvalue weighted by Gasteiger charge is 2.18. The minimum absolute atomic E-state index is 0.0346. The van der Waals surface area contributed by atoms with E-state index in [1.807, 2.05) is 13.0 Å². The van der Waals surface area contributed by atoms with Crippen molar-refractivity contribution in [3.8, 4) is 0 Å². The Morgan fingerprint density at radius 1 is 1.47 bits per heavy atom. The van der Waals surface area contributed by atoms with Gasteiger partial charge in [-0.3, -0.25) is 4.79 Å². The summed E-state index contributed by atoms with van der Waals surface area (Å²) >= 11 is 9.46. The zero-order valence-electron chi connectivity index (χ0n) is 10.3. The molecule has 2 nitrogen and oxygen atoms in total. The molecule has 0 unspecified atom stereocenters. The van der Waals surface area contributed by atoms with Gasteiger partial charge in [0.2, 0.25) is 0 Å². The Balaban J connectivity index is 2.71. The molecule has 0 saturated heterocycles. The number of rotatable bonds is 4. The molecule has 1 rings (SSSR count). The van der Waals surface area contributed by atoms with E-state index in [0.29, 0.717) is 17.1 Å². The standard InChI is InChI=1S/C13H17BrClNO/c1-9-4-5-10(11(15)6-9)12(17)16-8-13(2,3)7-14/h4-6H,7-8H2,1-3H3,(H,16,17). The Hall–Kier alpha value is -0.540. The smallest absolute Gasteiger partial charge is 0.252 e. The summed E-state index contributed by atoms with van der Waals surface area (Å²) in [6.07, 6.45) is 0. The number of carbonyl (C=O) groups is 1. The molecule has 0 aliphatic rings. The van der Waals surface area contributed by atoms with Crippen molar-refractivity contribution in [1.29, 1.82) is 0 Å². The van der Waals surface area contributed by atoms with Crippen molar-refractivity contribution in [3.63, 3.8) is 0 Å². The highest BCUT2D eigenvalue weighted by Crippen LogP contribution is 2.19. The van der Waals surface area contributed by atoms with Crippen LogP contribution in [0.1, 0.15) is 29.8 Å². The van der Waals surface area contributed by atoms with Gasteiger partial charge in [0.25, 0.3) is 5.91 Å². The quantitative estimate of drug-likeness (QED) is 0.841. The maximum atomic E-state index is 11.9. The predicted molar refractivity (Wildman–Crippen MR) is 76.1 cm³/mol. The van der Waals surface area contributed by atoms with Crippen LogP contribution in [0.3, 0.4) is 0 Å². The molecule has 94 valence electrons. The maximum Gasteiger partial charge on any atom is 0.252 e. The molecule has 1 aromatic rings. The number of hydrogen-bond donors (Lipinski definition) is 1. The molecule has 0 heterocycles. The number of alkyl halides is 1. The summed E-state index contributed by atoms with van der Waals surface area (Å²) in [4.78, 5) is 11.9. The van der Waals surface area contributed by atoms with Crippen LogP contribution in [0.4, 0.5) is 0 Å². The van der Waals surface area contributed by atoms with Crippen molar-refractivity contribution in [1.82, 2.24) is 5.32 Å². The lowest BCUT2D eigenvalue weighted by Crippen LogP contribution is -2.35. The van der Waals surface area contributed by atoms with Crippen LogP contribution in [0, 0.1) is 12.3 Å². The van der Waals surface area contributed by atoms with Gasteiger partial charge in [0, 0.05) is 11.9 Å². The molecule has 0 aliphatic carbocycles. The Morgan fingerprint density at radius 2 is 2.12 bits per heavy atom. The Bertz CT molecular complexity index is 418. The second-order valence-electron chi connectivity index (χ2n) is 4.96. The Kier molecular flexibility index (Phi) is 5.02.